The van der Waals surface area contributed by atoms with Crippen molar-refractivity contribution < 1.29 is 4.79 Å². The average Bonchev–Trinajstić information content (AvgIpc) is 2.04. The fourth-order valence-electron chi connectivity index (χ4n) is 1.41. The minimum atomic E-state index is -0.215. The summed E-state index contributed by atoms with van der Waals surface area (Å²) >= 11 is 5.26. The first-order chi connectivity index (χ1) is 6.20. The number of carbonyl (C=O) groups is 1. The molecule has 13 heavy (non-hydrogen) atoms. The van der Waals surface area contributed by atoms with Gasteiger partial charge in [-0.05, 0) is 50.5 Å². The Hall–Kier alpha value is -0.0800. The highest BCUT2D eigenvalue weighted by atomic mass is 35.5. The monoisotopic (exact) mass is 205 g/mol. The topological polar surface area (TPSA) is 20.3 Å². The van der Waals surface area contributed by atoms with Crippen molar-refractivity contribution >= 4 is 16.8 Å². The van der Waals surface area contributed by atoms with Gasteiger partial charge in [0, 0.05) is 6.42 Å². The molecule has 78 valence electrons. The summed E-state index contributed by atoms with van der Waals surface area (Å²) in [5.74, 6) is 0. The van der Waals surface area contributed by atoms with Gasteiger partial charge in [0.25, 0.3) is 0 Å². The summed E-state index contributed by atoms with van der Waals surface area (Å²) in [6, 6.07) is 0. The molecular formula is C10H20ClNO. The van der Waals surface area contributed by atoms with Gasteiger partial charge in [-0.3, -0.25) is 4.79 Å². The Morgan fingerprint density at radius 3 is 2.08 bits per heavy atom. The molecular weight excluding hydrogens is 186 g/mol. The third kappa shape index (κ3) is 8.26. The van der Waals surface area contributed by atoms with Crippen LogP contribution in [0.5, 0.6) is 0 Å². The van der Waals surface area contributed by atoms with E-state index in [1.807, 2.05) is 0 Å². The molecule has 0 fully saturated rings. The molecule has 0 aromatic rings. The first-order valence-electron chi connectivity index (χ1n) is 5.11. The number of nitrogens with zero attached hydrogens (tertiary/aromatic N) is 1. The van der Waals surface area contributed by atoms with Crippen molar-refractivity contribution in [2.24, 2.45) is 0 Å². The molecule has 0 atom stereocenters. The maximum atomic E-state index is 10.5. The molecule has 0 saturated heterocycles. The molecule has 0 aliphatic rings. The number of hydrogen-bond donors (Lipinski definition) is 0. The largest absolute Gasteiger partial charge is 0.303 e. The lowest BCUT2D eigenvalue weighted by Gasteiger charge is -2.20. The van der Waals surface area contributed by atoms with E-state index in [9.17, 15) is 4.79 Å². The Labute approximate surface area is 86.2 Å². The molecule has 0 bridgehead atoms. The molecule has 0 heterocycles. The molecule has 0 aliphatic carbocycles. The van der Waals surface area contributed by atoms with Crippen molar-refractivity contribution in [3.05, 3.63) is 0 Å². The Morgan fingerprint density at radius 1 is 1.15 bits per heavy atom. The van der Waals surface area contributed by atoms with Crippen molar-refractivity contribution in [1.29, 1.82) is 0 Å². The lowest BCUT2D eigenvalue weighted by Crippen LogP contribution is -2.26. The minimum Gasteiger partial charge on any atom is -0.303 e. The molecule has 0 amide bonds. The van der Waals surface area contributed by atoms with Gasteiger partial charge in [0.15, 0.2) is 0 Å². The second-order valence-corrected chi connectivity index (χ2v) is 3.72. The van der Waals surface area contributed by atoms with E-state index < -0.39 is 0 Å². The molecule has 0 radical (unpaired) electrons. The lowest BCUT2D eigenvalue weighted by atomic mass is 10.3. The van der Waals surface area contributed by atoms with E-state index in [0.717, 1.165) is 26.1 Å². The fraction of sp³-hybridized carbons (Fsp3) is 0.900. The quantitative estimate of drug-likeness (QED) is 0.568. The zero-order chi connectivity index (χ0) is 10.1. The van der Waals surface area contributed by atoms with E-state index in [-0.39, 0.29) is 5.24 Å². The Balaban J connectivity index is 3.49. The zero-order valence-electron chi connectivity index (χ0n) is 8.68. The van der Waals surface area contributed by atoms with Crippen LogP contribution in [0, 0.1) is 0 Å². The molecule has 0 spiro atoms. The van der Waals surface area contributed by atoms with Gasteiger partial charge >= 0.3 is 0 Å². The maximum Gasteiger partial charge on any atom is 0.221 e. The smallest absolute Gasteiger partial charge is 0.221 e. The summed E-state index contributed by atoms with van der Waals surface area (Å²) in [5.41, 5.74) is 0. The van der Waals surface area contributed by atoms with Gasteiger partial charge in [-0.15, -0.1) is 0 Å². The fourth-order valence-corrected chi connectivity index (χ4v) is 1.54. The first kappa shape index (κ1) is 12.9. The first-order valence-corrected chi connectivity index (χ1v) is 5.49. The molecule has 0 rings (SSSR count). The molecule has 0 aromatic carbocycles. The van der Waals surface area contributed by atoms with Crippen LogP contribution in [0.1, 0.15) is 39.5 Å². The summed E-state index contributed by atoms with van der Waals surface area (Å²) in [5, 5.41) is -0.215. The summed E-state index contributed by atoms with van der Waals surface area (Å²) < 4.78 is 0. The highest BCUT2D eigenvalue weighted by molar-refractivity contribution is 6.63. The third-order valence-corrected chi connectivity index (χ3v) is 2.12. The van der Waals surface area contributed by atoms with Crippen molar-refractivity contribution in [2.75, 3.05) is 19.6 Å². The van der Waals surface area contributed by atoms with Gasteiger partial charge in [-0.25, -0.2) is 0 Å². The molecule has 0 aliphatic heterocycles. The predicted molar refractivity (Wildman–Crippen MR) is 57.1 cm³/mol. The highest BCUT2D eigenvalue weighted by Crippen LogP contribution is 2.00. The Morgan fingerprint density at radius 2 is 1.69 bits per heavy atom. The van der Waals surface area contributed by atoms with Crippen LogP contribution in [0.4, 0.5) is 0 Å². The second-order valence-electron chi connectivity index (χ2n) is 3.30. The molecule has 0 saturated carbocycles. The number of hydrogen-bond acceptors (Lipinski definition) is 2. The van der Waals surface area contributed by atoms with Crippen molar-refractivity contribution in [3.63, 3.8) is 0 Å². The van der Waals surface area contributed by atoms with Crippen LogP contribution >= 0.6 is 11.6 Å². The SMILES string of the molecule is CCCN(CCC)CCCC(=O)Cl. The molecule has 3 heteroatoms. The van der Waals surface area contributed by atoms with Crippen LogP contribution in [0.2, 0.25) is 0 Å². The molecule has 0 aromatic heterocycles. The van der Waals surface area contributed by atoms with Crippen molar-refractivity contribution in [2.45, 2.75) is 39.5 Å². The Bertz CT molecular complexity index is 133. The van der Waals surface area contributed by atoms with Crippen LogP contribution in [0.25, 0.3) is 0 Å². The van der Waals surface area contributed by atoms with Crippen LogP contribution in [-0.4, -0.2) is 29.8 Å². The van der Waals surface area contributed by atoms with Crippen LogP contribution in [0.15, 0.2) is 0 Å². The average molecular weight is 206 g/mol. The minimum absolute atomic E-state index is 0.215. The van der Waals surface area contributed by atoms with E-state index in [4.69, 9.17) is 11.6 Å². The maximum absolute atomic E-state index is 10.5. The van der Waals surface area contributed by atoms with Gasteiger partial charge in [0.1, 0.15) is 0 Å². The van der Waals surface area contributed by atoms with Crippen molar-refractivity contribution in [1.82, 2.24) is 4.90 Å². The Kier molecular flexibility index (Phi) is 8.46. The summed E-state index contributed by atoms with van der Waals surface area (Å²) in [6.07, 6.45) is 3.75. The molecule has 0 unspecified atom stereocenters. The zero-order valence-corrected chi connectivity index (χ0v) is 9.44. The number of carbonyl (C=O) groups excluding carboxylic acids is 1. The number of halogens is 1. The second kappa shape index (κ2) is 8.52. The van der Waals surface area contributed by atoms with Gasteiger partial charge in [-0.2, -0.15) is 0 Å². The van der Waals surface area contributed by atoms with Crippen LogP contribution in [0.3, 0.4) is 0 Å². The summed E-state index contributed by atoms with van der Waals surface area (Å²) in [4.78, 5) is 12.9. The third-order valence-electron chi connectivity index (χ3n) is 1.93. The summed E-state index contributed by atoms with van der Waals surface area (Å²) in [7, 11) is 0. The van der Waals surface area contributed by atoms with E-state index in [1.165, 1.54) is 12.8 Å². The van der Waals surface area contributed by atoms with E-state index in [0.29, 0.717) is 6.42 Å². The molecule has 2 nitrogen and oxygen atoms in total. The van der Waals surface area contributed by atoms with E-state index in [2.05, 4.69) is 18.7 Å². The van der Waals surface area contributed by atoms with Gasteiger partial charge in [0.2, 0.25) is 5.24 Å². The van der Waals surface area contributed by atoms with Gasteiger partial charge < -0.3 is 4.90 Å². The summed E-state index contributed by atoms with van der Waals surface area (Å²) in [6.45, 7) is 7.61. The molecule has 0 N–H and O–H groups in total. The number of rotatable bonds is 8. The van der Waals surface area contributed by atoms with Crippen LogP contribution < -0.4 is 0 Å². The van der Waals surface area contributed by atoms with E-state index >= 15 is 0 Å². The van der Waals surface area contributed by atoms with Gasteiger partial charge in [0.05, 0.1) is 0 Å². The van der Waals surface area contributed by atoms with Crippen LogP contribution in [-0.2, 0) is 4.79 Å². The normalized spacial score (nSPS) is 10.8. The van der Waals surface area contributed by atoms with E-state index in [1.54, 1.807) is 0 Å². The van der Waals surface area contributed by atoms with Gasteiger partial charge in [-0.1, -0.05) is 13.8 Å². The standard InChI is InChI=1S/C10H20ClNO/c1-3-7-12(8-4-2)9-5-6-10(11)13/h3-9H2,1-2H3. The predicted octanol–water partition coefficient (Wildman–Crippen LogP) is 2.65. The lowest BCUT2D eigenvalue weighted by molar-refractivity contribution is -0.111. The highest BCUT2D eigenvalue weighted by Gasteiger charge is 2.03. The van der Waals surface area contributed by atoms with Crippen molar-refractivity contribution in [3.8, 4) is 0 Å².